The lowest BCUT2D eigenvalue weighted by Gasteiger charge is -2.37. The van der Waals surface area contributed by atoms with Crippen molar-refractivity contribution in [3.05, 3.63) is 65.8 Å². The molecule has 1 aliphatic heterocycles. The Balaban J connectivity index is 1.35. The van der Waals surface area contributed by atoms with E-state index in [2.05, 4.69) is 12.7 Å². The summed E-state index contributed by atoms with van der Waals surface area (Å²) in [5.41, 5.74) is -0.397. The number of hydrogen-bond acceptors (Lipinski definition) is 2. The molecule has 2 unspecified atom stereocenters. The third-order valence-electron chi connectivity index (χ3n) is 7.70. The number of hydrogen-bond donors (Lipinski definition) is 0. The van der Waals surface area contributed by atoms with E-state index in [0.717, 1.165) is 12.8 Å². The van der Waals surface area contributed by atoms with E-state index in [-0.39, 0.29) is 29.0 Å². The number of ether oxygens (including phenoxy) is 2. The maximum Gasteiger partial charge on any atom is 0.201 e. The smallest absolute Gasteiger partial charge is 0.201 e. The third kappa shape index (κ3) is 5.74. The number of halogens is 4. The molecule has 0 spiro atoms. The van der Waals surface area contributed by atoms with Gasteiger partial charge in [0, 0.05) is 17.7 Å². The summed E-state index contributed by atoms with van der Waals surface area (Å²) in [6.45, 7) is 6.36. The maximum absolute atomic E-state index is 14.9. The highest BCUT2D eigenvalue weighted by Gasteiger charge is 2.31. The van der Waals surface area contributed by atoms with Gasteiger partial charge >= 0.3 is 0 Å². The molecule has 0 bridgehead atoms. The minimum absolute atomic E-state index is 0.164. The van der Waals surface area contributed by atoms with Crippen molar-refractivity contribution in [2.75, 3.05) is 13.2 Å². The molecule has 0 amide bonds. The predicted octanol–water partition coefficient (Wildman–Crippen LogP) is 8.03. The van der Waals surface area contributed by atoms with Crippen LogP contribution < -0.4 is 4.74 Å². The topological polar surface area (TPSA) is 18.5 Å². The van der Waals surface area contributed by atoms with Gasteiger partial charge < -0.3 is 9.47 Å². The van der Waals surface area contributed by atoms with Crippen LogP contribution in [0.5, 0.6) is 5.75 Å². The molecule has 2 aromatic rings. The van der Waals surface area contributed by atoms with Gasteiger partial charge in [-0.15, -0.1) is 6.58 Å². The molecule has 1 heterocycles. The highest BCUT2D eigenvalue weighted by Crippen LogP contribution is 2.37. The fourth-order valence-electron chi connectivity index (χ4n) is 5.54. The monoisotopic (exact) mass is 490 g/mol. The number of rotatable bonds is 8. The van der Waals surface area contributed by atoms with Crippen molar-refractivity contribution in [1.82, 2.24) is 0 Å². The van der Waals surface area contributed by atoms with Crippen LogP contribution in [0.2, 0.25) is 0 Å². The van der Waals surface area contributed by atoms with Gasteiger partial charge in [-0.05, 0) is 93.7 Å². The molecule has 1 aliphatic carbocycles. The first-order chi connectivity index (χ1) is 16.9. The van der Waals surface area contributed by atoms with E-state index in [1.54, 1.807) is 6.92 Å². The van der Waals surface area contributed by atoms with Gasteiger partial charge in [0.2, 0.25) is 5.82 Å². The van der Waals surface area contributed by atoms with Gasteiger partial charge in [0.25, 0.3) is 0 Å². The molecule has 2 nitrogen and oxygen atoms in total. The molecule has 190 valence electrons. The lowest BCUT2D eigenvalue weighted by molar-refractivity contribution is -0.0581. The summed E-state index contributed by atoms with van der Waals surface area (Å²) in [6, 6.07) is 5.22. The van der Waals surface area contributed by atoms with Crippen LogP contribution in [0.1, 0.15) is 57.4 Å². The molecule has 1 saturated heterocycles. The molecule has 2 aliphatic rings. The SMILES string of the molecule is C=CC1CCC(C2CCC(CCc3ccc(-c4ccc(OCC)c(F)c4F)c(F)c3F)CO2)CC1. The lowest BCUT2D eigenvalue weighted by atomic mass is 9.77. The molecule has 0 radical (unpaired) electrons. The normalized spacial score (nSPS) is 24.8. The average molecular weight is 491 g/mol. The van der Waals surface area contributed by atoms with E-state index >= 15 is 0 Å². The maximum atomic E-state index is 14.9. The quantitative estimate of drug-likeness (QED) is 0.275. The van der Waals surface area contributed by atoms with E-state index < -0.39 is 23.3 Å². The summed E-state index contributed by atoms with van der Waals surface area (Å²) in [5, 5.41) is 0. The molecular formula is C29H34F4O2. The molecule has 35 heavy (non-hydrogen) atoms. The van der Waals surface area contributed by atoms with E-state index in [9.17, 15) is 17.6 Å². The van der Waals surface area contributed by atoms with Crippen LogP contribution >= 0.6 is 0 Å². The zero-order chi connectivity index (χ0) is 24.9. The van der Waals surface area contributed by atoms with E-state index in [0.29, 0.717) is 43.3 Å². The molecule has 0 aromatic heterocycles. The Morgan fingerprint density at radius 2 is 1.57 bits per heavy atom. The van der Waals surface area contributed by atoms with Crippen molar-refractivity contribution >= 4 is 0 Å². The van der Waals surface area contributed by atoms with Crippen LogP contribution in [0.4, 0.5) is 17.6 Å². The fourth-order valence-corrected chi connectivity index (χ4v) is 5.54. The van der Waals surface area contributed by atoms with Crippen molar-refractivity contribution in [2.45, 2.75) is 64.4 Å². The second kappa shape index (κ2) is 11.6. The summed E-state index contributed by atoms with van der Waals surface area (Å²) in [5.74, 6) is -3.35. The first-order valence-corrected chi connectivity index (χ1v) is 12.7. The fraction of sp³-hybridized carbons (Fsp3) is 0.517. The van der Waals surface area contributed by atoms with Crippen LogP contribution in [-0.2, 0) is 11.2 Å². The van der Waals surface area contributed by atoms with Crippen molar-refractivity contribution < 1.29 is 27.0 Å². The minimum atomic E-state index is -1.26. The standard InChI is InChI=1S/C29H34F4O2/c1-3-18-5-9-20(10-6-18)24-15-8-19(17-35-24)7-11-21-12-13-22(27(31)26(21)30)23-14-16-25(34-4-2)29(33)28(23)32/h3,12-14,16,18-20,24H,1,4-11,15,17H2,2H3. The molecule has 2 atom stereocenters. The van der Waals surface area contributed by atoms with Crippen molar-refractivity contribution in [3.63, 3.8) is 0 Å². The van der Waals surface area contributed by atoms with Crippen LogP contribution in [-0.4, -0.2) is 19.3 Å². The molecule has 2 aromatic carbocycles. The summed E-state index contributed by atoms with van der Waals surface area (Å²) >= 11 is 0. The predicted molar refractivity (Wildman–Crippen MR) is 129 cm³/mol. The van der Waals surface area contributed by atoms with Gasteiger partial charge in [0.05, 0.1) is 12.7 Å². The van der Waals surface area contributed by atoms with Crippen LogP contribution in [0.15, 0.2) is 36.9 Å². The highest BCUT2D eigenvalue weighted by atomic mass is 19.2. The van der Waals surface area contributed by atoms with Crippen molar-refractivity contribution in [2.24, 2.45) is 17.8 Å². The van der Waals surface area contributed by atoms with Gasteiger partial charge in [-0.25, -0.2) is 13.2 Å². The zero-order valence-electron chi connectivity index (χ0n) is 20.3. The van der Waals surface area contributed by atoms with Crippen molar-refractivity contribution in [1.29, 1.82) is 0 Å². The molecule has 0 N–H and O–H groups in total. The number of allylic oxidation sites excluding steroid dienone is 1. The van der Waals surface area contributed by atoms with Gasteiger partial charge in [-0.2, -0.15) is 4.39 Å². The summed E-state index contributed by atoms with van der Waals surface area (Å²) in [4.78, 5) is 0. The Labute approximate surface area is 205 Å². The van der Waals surface area contributed by atoms with Gasteiger partial charge in [0.1, 0.15) is 0 Å². The largest absolute Gasteiger partial charge is 0.491 e. The lowest BCUT2D eigenvalue weighted by Crippen LogP contribution is -2.34. The van der Waals surface area contributed by atoms with E-state index in [4.69, 9.17) is 9.47 Å². The first kappa shape index (κ1) is 25.7. The second-order valence-corrected chi connectivity index (χ2v) is 9.84. The first-order valence-electron chi connectivity index (χ1n) is 12.7. The average Bonchev–Trinajstić information content (AvgIpc) is 2.89. The Morgan fingerprint density at radius 1 is 0.886 bits per heavy atom. The third-order valence-corrected chi connectivity index (χ3v) is 7.70. The van der Waals surface area contributed by atoms with Gasteiger partial charge in [0.15, 0.2) is 23.2 Å². The molecule has 1 saturated carbocycles. The summed E-state index contributed by atoms with van der Waals surface area (Å²) in [6.07, 6.45) is 10.2. The highest BCUT2D eigenvalue weighted by molar-refractivity contribution is 5.66. The Bertz CT molecular complexity index is 1020. The molecular weight excluding hydrogens is 456 g/mol. The van der Waals surface area contributed by atoms with Crippen LogP contribution in [0.3, 0.4) is 0 Å². The van der Waals surface area contributed by atoms with E-state index in [1.807, 2.05) is 0 Å². The minimum Gasteiger partial charge on any atom is -0.491 e. The van der Waals surface area contributed by atoms with Crippen LogP contribution in [0, 0.1) is 41.0 Å². The second-order valence-electron chi connectivity index (χ2n) is 9.84. The summed E-state index contributed by atoms with van der Waals surface area (Å²) < 4.78 is 69.7. The van der Waals surface area contributed by atoms with E-state index in [1.165, 1.54) is 49.9 Å². The van der Waals surface area contributed by atoms with Gasteiger partial charge in [-0.1, -0.05) is 18.2 Å². The van der Waals surface area contributed by atoms with Gasteiger partial charge in [-0.3, -0.25) is 0 Å². The number of aryl methyl sites for hydroxylation is 1. The Morgan fingerprint density at radius 3 is 2.20 bits per heavy atom. The zero-order valence-corrected chi connectivity index (χ0v) is 20.3. The Hall–Kier alpha value is -2.34. The Kier molecular flexibility index (Phi) is 8.53. The molecule has 6 heteroatoms. The molecule has 2 fully saturated rings. The molecule has 4 rings (SSSR count). The van der Waals surface area contributed by atoms with Crippen molar-refractivity contribution in [3.8, 4) is 16.9 Å². The van der Waals surface area contributed by atoms with Crippen LogP contribution in [0.25, 0.3) is 11.1 Å². The number of benzene rings is 2. The summed E-state index contributed by atoms with van der Waals surface area (Å²) in [7, 11) is 0.